The second-order valence-electron chi connectivity index (χ2n) is 4.38. The van der Waals surface area contributed by atoms with Crippen LogP contribution in [0.2, 0.25) is 0 Å². The summed E-state index contributed by atoms with van der Waals surface area (Å²) in [5.41, 5.74) is 5.64. The Morgan fingerprint density at radius 2 is 2.29 bits per heavy atom. The van der Waals surface area contributed by atoms with Crippen molar-refractivity contribution >= 4 is 5.91 Å². The lowest BCUT2D eigenvalue weighted by atomic mass is 9.95. The van der Waals surface area contributed by atoms with E-state index in [9.17, 15) is 4.79 Å². The highest BCUT2D eigenvalue weighted by atomic mass is 16.2. The van der Waals surface area contributed by atoms with Crippen LogP contribution in [0.5, 0.6) is 0 Å². The van der Waals surface area contributed by atoms with E-state index < -0.39 is 0 Å². The van der Waals surface area contributed by atoms with Crippen LogP contribution >= 0.6 is 0 Å². The second-order valence-corrected chi connectivity index (χ2v) is 4.38. The summed E-state index contributed by atoms with van der Waals surface area (Å²) in [6, 6.07) is 0. The summed E-state index contributed by atoms with van der Waals surface area (Å²) in [5, 5.41) is 3.13. The fourth-order valence-corrected chi connectivity index (χ4v) is 2.18. The molecule has 2 aliphatic rings. The smallest absolute Gasteiger partial charge is 0.228 e. The van der Waals surface area contributed by atoms with Crippen LogP contribution in [-0.2, 0) is 4.79 Å². The molecule has 0 saturated carbocycles. The zero-order valence-electron chi connectivity index (χ0n) is 8.54. The molecular formula is C10H19N3O. The van der Waals surface area contributed by atoms with Crippen molar-refractivity contribution in [3.63, 3.8) is 0 Å². The number of carbonyl (C=O) groups is 1. The predicted octanol–water partition coefficient (Wildman–Crippen LogP) is -0.597. The van der Waals surface area contributed by atoms with E-state index in [4.69, 9.17) is 5.73 Å². The summed E-state index contributed by atoms with van der Waals surface area (Å²) in [6.45, 7) is 4.26. The van der Waals surface area contributed by atoms with Crippen molar-refractivity contribution in [2.45, 2.75) is 12.8 Å². The molecule has 2 saturated heterocycles. The van der Waals surface area contributed by atoms with Crippen LogP contribution in [0.15, 0.2) is 0 Å². The molecule has 1 atom stereocenters. The molecule has 0 aromatic heterocycles. The first-order valence-electron chi connectivity index (χ1n) is 5.51. The number of nitrogens with one attached hydrogen (secondary N) is 1. The van der Waals surface area contributed by atoms with Gasteiger partial charge in [-0.2, -0.15) is 0 Å². The Balaban J connectivity index is 1.86. The molecule has 2 rings (SSSR count). The van der Waals surface area contributed by atoms with Crippen molar-refractivity contribution in [1.29, 1.82) is 0 Å². The van der Waals surface area contributed by atoms with Gasteiger partial charge in [0.15, 0.2) is 0 Å². The maximum absolute atomic E-state index is 11.9. The van der Waals surface area contributed by atoms with E-state index in [1.165, 1.54) is 6.42 Å². The van der Waals surface area contributed by atoms with Gasteiger partial charge in [-0.15, -0.1) is 0 Å². The van der Waals surface area contributed by atoms with Gasteiger partial charge >= 0.3 is 0 Å². The zero-order valence-corrected chi connectivity index (χ0v) is 8.54. The van der Waals surface area contributed by atoms with Crippen LogP contribution in [0.3, 0.4) is 0 Å². The third-order valence-electron chi connectivity index (χ3n) is 3.29. The summed E-state index contributed by atoms with van der Waals surface area (Å²) >= 11 is 0. The fraction of sp³-hybridized carbons (Fsp3) is 0.900. The fourth-order valence-electron chi connectivity index (χ4n) is 2.18. The molecule has 4 heteroatoms. The van der Waals surface area contributed by atoms with Crippen LogP contribution in [0.25, 0.3) is 0 Å². The van der Waals surface area contributed by atoms with Gasteiger partial charge in [0.2, 0.25) is 5.91 Å². The normalized spacial score (nSPS) is 28.6. The number of likely N-dealkylation sites (tertiary alicyclic amines) is 1. The van der Waals surface area contributed by atoms with Gasteiger partial charge in [-0.05, 0) is 25.3 Å². The summed E-state index contributed by atoms with van der Waals surface area (Å²) in [7, 11) is 0. The van der Waals surface area contributed by atoms with E-state index in [1.54, 1.807) is 0 Å². The lowest BCUT2D eigenvalue weighted by Gasteiger charge is -2.37. The molecular weight excluding hydrogens is 178 g/mol. The zero-order chi connectivity index (χ0) is 9.97. The molecule has 3 N–H and O–H groups in total. The molecule has 2 fully saturated rings. The van der Waals surface area contributed by atoms with Gasteiger partial charge < -0.3 is 16.0 Å². The van der Waals surface area contributed by atoms with Crippen LogP contribution in [0.1, 0.15) is 12.8 Å². The number of piperidine rings is 1. The minimum Gasteiger partial charge on any atom is -0.342 e. The average molecular weight is 197 g/mol. The minimum absolute atomic E-state index is 0.242. The molecule has 0 aromatic carbocycles. The highest BCUT2D eigenvalue weighted by Gasteiger charge is 2.31. The first-order chi connectivity index (χ1) is 6.81. The van der Waals surface area contributed by atoms with E-state index in [-0.39, 0.29) is 5.92 Å². The molecule has 2 aliphatic heterocycles. The molecule has 4 nitrogen and oxygen atoms in total. The summed E-state index contributed by atoms with van der Waals surface area (Å²) in [6.07, 6.45) is 2.30. The van der Waals surface area contributed by atoms with Crippen LogP contribution in [0, 0.1) is 11.8 Å². The first-order valence-corrected chi connectivity index (χ1v) is 5.51. The van der Waals surface area contributed by atoms with Crippen molar-refractivity contribution in [2.24, 2.45) is 17.6 Å². The van der Waals surface area contributed by atoms with E-state index in [0.29, 0.717) is 18.4 Å². The highest BCUT2D eigenvalue weighted by Crippen LogP contribution is 2.18. The molecule has 0 aromatic rings. The number of hydrogen-bond donors (Lipinski definition) is 2. The van der Waals surface area contributed by atoms with Crippen molar-refractivity contribution in [3.8, 4) is 0 Å². The highest BCUT2D eigenvalue weighted by molar-refractivity contribution is 5.80. The Kier molecular flexibility index (Phi) is 3.03. The Bertz CT molecular complexity index is 215. The van der Waals surface area contributed by atoms with E-state index in [2.05, 4.69) is 5.32 Å². The summed E-state index contributed by atoms with van der Waals surface area (Å²) in [4.78, 5) is 13.9. The molecule has 14 heavy (non-hydrogen) atoms. The number of hydrogen-bond acceptors (Lipinski definition) is 3. The van der Waals surface area contributed by atoms with Gasteiger partial charge in [0.05, 0.1) is 5.92 Å². The molecule has 1 unspecified atom stereocenters. The Labute approximate surface area is 84.8 Å². The second kappa shape index (κ2) is 4.28. The monoisotopic (exact) mass is 197 g/mol. The molecule has 0 radical (unpaired) electrons. The van der Waals surface area contributed by atoms with Gasteiger partial charge in [-0.1, -0.05) is 0 Å². The van der Waals surface area contributed by atoms with Crippen LogP contribution in [-0.4, -0.2) is 43.5 Å². The lowest BCUT2D eigenvalue weighted by molar-refractivity contribution is -0.138. The molecule has 0 bridgehead atoms. The SMILES string of the molecule is NCC1CCCN(C(=O)C2CNC2)C1. The minimum atomic E-state index is 0.242. The number of carbonyl (C=O) groups excluding carboxylic acids is 1. The Hall–Kier alpha value is -0.610. The third-order valence-corrected chi connectivity index (χ3v) is 3.29. The van der Waals surface area contributed by atoms with Crippen molar-refractivity contribution < 1.29 is 4.79 Å². The number of rotatable bonds is 2. The van der Waals surface area contributed by atoms with E-state index >= 15 is 0 Å². The van der Waals surface area contributed by atoms with Crippen molar-refractivity contribution in [3.05, 3.63) is 0 Å². The standard InChI is InChI=1S/C10H19N3O/c11-4-8-2-1-3-13(7-8)10(14)9-5-12-6-9/h8-9,12H,1-7,11H2. The Morgan fingerprint density at radius 1 is 1.50 bits per heavy atom. The topological polar surface area (TPSA) is 58.4 Å². The number of nitrogens with zero attached hydrogens (tertiary/aromatic N) is 1. The van der Waals surface area contributed by atoms with Gasteiger partial charge in [-0.25, -0.2) is 0 Å². The van der Waals surface area contributed by atoms with Gasteiger partial charge in [0.25, 0.3) is 0 Å². The average Bonchev–Trinajstić information content (AvgIpc) is 2.15. The largest absolute Gasteiger partial charge is 0.342 e. The molecule has 0 aliphatic carbocycles. The number of nitrogens with two attached hydrogens (primary N) is 1. The van der Waals surface area contributed by atoms with Gasteiger partial charge in [0.1, 0.15) is 0 Å². The van der Waals surface area contributed by atoms with E-state index in [1.807, 2.05) is 4.90 Å². The maximum atomic E-state index is 11.9. The van der Waals surface area contributed by atoms with Crippen molar-refractivity contribution in [2.75, 3.05) is 32.7 Å². The Morgan fingerprint density at radius 3 is 2.86 bits per heavy atom. The predicted molar refractivity (Wildman–Crippen MR) is 54.7 cm³/mol. The van der Waals surface area contributed by atoms with E-state index in [0.717, 1.165) is 32.6 Å². The quantitative estimate of drug-likeness (QED) is 0.621. The van der Waals surface area contributed by atoms with Crippen molar-refractivity contribution in [1.82, 2.24) is 10.2 Å². The van der Waals surface area contributed by atoms with Gasteiger partial charge in [-0.3, -0.25) is 4.79 Å². The third kappa shape index (κ3) is 1.91. The van der Waals surface area contributed by atoms with Crippen LogP contribution in [0.4, 0.5) is 0 Å². The molecule has 0 spiro atoms. The summed E-state index contributed by atoms with van der Waals surface area (Å²) in [5.74, 6) is 1.11. The first kappa shape index (κ1) is 9.93. The van der Waals surface area contributed by atoms with Crippen LogP contribution < -0.4 is 11.1 Å². The molecule has 1 amide bonds. The lowest BCUT2D eigenvalue weighted by Crippen LogP contribution is -2.54. The molecule has 2 heterocycles. The van der Waals surface area contributed by atoms with Gasteiger partial charge in [0, 0.05) is 26.2 Å². The summed E-state index contributed by atoms with van der Waals surface area (Å²) < 4.78 is 0. The molecule has 80 valence electrons. The maximum Gasteiger partial charge on any atom is 0.228 e. The number of amides is 1.